The fourth-order valence-electron chi connectivity index (χ4n) is 1.90. The summed E-state index contributed by atoms with van der Waals surface area (Å²) in [7, 11) is 1.75. The average Bonchev–Trinajstić information content (AvgIpc) is 3.10. The second kappa shape index (κ2) is 9.19. The lowest BCUT2D eigenvalue weighted by atomic mass is 10.2. The van der Waals surface area contributed by atoms with Crippen LogP contribution in [-0.2, 0) is 0 Å². The molecule has 2 aromatic carbocycles. The van der Waals surface area contributed by atoms with Crippen molar-refractivity contribution in [2.75, 3.05) is 14.2 Å². The highest BCUT2D eigenvalue weighted by molar-refractivity contribution is 7.71. The van der Waals surface area contributed by atoms with Crippen molar-refractivity contribution in [2.45, 2.75) is 0 Å². The van der Waals surface area contributed by atoms with Crippen LogP contribution in [0.15, 0.2) is 48.5 Å². The molecule has 0 atom stereocenters. The van der Waals surface area contributed by atoms with Crippen LogP contribution < -0.4 is 28.1 Å². The maximum atomic E-state index is 8.49. The summed E-state index contributed by atoms with van der Waals surface area (Å²) in [4.78, 5) is 4.72. The van der Waals surface area contributed by atoms with E-state index in [2.05, 4.69) is 0 Å². The van der Waals surface area contributed by atoms with Gasteiger partial charge < -0.3 is 9.47 Å². The number of rotatable bonds is 4. The first-order chi connectivity index (χ1) is 12.3. The molecule has 7 nitrogen and oxygen atoms in total. The van der Waals surface area contributed by atoms with Crippen LogP contribution >= 0.6 is 20.7 Å². The number of nitrogens with zero attached hydrogens (tertiary/aromatic N) is 1. The molecule has 0 aliphatic heterocycles. The third-order valence-corrected chi connectivity index (χ3v) is 5.33. The summed E-state index contributed by atoms with van der Waals surface area (Å²) in [6.07, 6.45) is 0. The second-order valence-electron chi connectivity index (χ2n) is 4.72. The molecule has 26 heavy (non-hydrogen) atoms. The van der Waals surface area contributed by atoms with Crippen molar-refractivity contribution in [1.82, 2.24) is 4.98 Å². The Labute approximate surface area is 159 Å². The quantitative estimate of drug-likeness (QED) is 0.436. The molecule has 0 saturated heterocycles. The summed E-state index contributed by atoms with van der Waals surface area (Å²) in [5, 5.41) is 2.04. The van der Waals surface area contributed by atoms with Crippen LogP contribution in [0.5, 0.6) is 11.5 Å². The Bertz CT molecular complexity index is 750. The topological polar surface area (TPSA) is 124 Å². The van der Waals surface area contributed by atoms with Gasteiger partial charge in [-0.1, -0.05) is 0 Å². The van der Waals surface area contributed by atoms with Gasteiger partial charge in [0.05, 0.1) is 19.8 Å². The van der Waals surface area contributed by atoms with E-state index >= 15 is 0 Å². The van der Waals surface area contributed by atoms with Crippen LogP contribution in [0, 0.1) is 10.2 Å². The third-order valence-electron chi connectivity index (χ3n) is 3.08. The fourth-order valence-corrected chi connectivity index (χ4v) is 4.11. The number of ether oxygens (including phenoxy) is 2. The molecule has 0 radical (unpaired) electrons. The van der Waals surface area contributed by atoms with Crippen LogP contribution in [0.2, 0.25) is 0 Å². The van der Waals surface area contributed by atoms with Crippen LogP contribution in [0.25, 0.3) is 21.1 Å². The van der Waals surface area contributed by atoms with E-state index in [1.165, 1.54) is 0 Å². The van der Waals surface area contributed by atoms with Crippen molar-refractivity contribution in [2.24, 2.45) is 0 Å². The van der Waals surface area contributed by atoms with Gasteiger partial charge >= 0.3 is 15.3 Å². The molecular formula is C16H14ClNO6S2. The van der Waals surface area contributed by atoms with Crippen molar-refractivity contribution >= 4 is 20.7 Å². The molecule has 0 aliphatic carbocycles. The second-order valence-corrected chi connectivity index (χ2v) is 7.59. The van der Waals surface area contributed by atoms with Gasteiger partial charge in [-0.2, -0.15) is 4.98 Å². The van der Waals surface area contributed by atoms with Gasteiger partial charge in [-0.05, 0) is 48.5 Å². The molecule has 10 heteroatoms. The average molecular weight is 416 g/mol. The van der Waals surface area contributed by atoms with Gasteiger partial charge in [0.25, 0.3) is 0 Å². The van der Waals surface area contributed by atoms with Crippen molar-refractivity contribution in [3.05, 3.63) is 48.5 Å². The minimum absolute atomic E-state index is 0.856. The number of halogens is 1. The number of aromatic nitrogens is 1. The largest absolute Gasteiger partial charge is 0.497 e. The molecule has 3 aromatic rings. The predicted octanol–water partition coefficient (Wildman–Crippen LogP) is 0.0809. The van der Waals surface area contributed by atoms with Crippen LogP contribution in [0.4, 0.5) is 0 Å². The molecule has 1 heterocycles. The van der Waals surface area contributed by atoms with E-state index in [0.717, 1.165) is 32.6 Å². The van der Waals surface area contributed by atoms with E-state index in [0.29, 0.717) is 0 Å². The molecule has 0 saturated carbocycles. The molecule has 0 aliphatic rings. The molecule has 1 aromatic heterocycles. The number of methoxy groups -OCH3 is 2. The Kier molecular flexibility index (Phi) is 7.23. The third kappa shape index (κ3) is 6.46. The zero-order chi connectivity index (χ0) is 19.2. The van der Waals surface area contributed by atoms with E-state index in [9.17, 15) is 0 Å². The maximum absolute atomic E-state index is 8.49. The van der Waals surface area contributed by atoms with Gasteiger partial charge in [0.15, 0.2) is 15.3 Å². The lowest BCUT2D eigenvalue weighted by Gasteiger charge is -2.17. The Hall–Kier alpha value is -1.85. The molecule has 0 amide bonds. The molecule has 0 unspecified atom stereocenters. The first kappa shape index (κ1) is 20.5. The van der Waals surface area contributed by atoms with E-state index in [1.54, 1.807) is 34.9 Å². The SMILES string of the molecule is COc1ccc(-c2nc(-c3ccc(OC)cc3)[s+]s2)cc1.[O-][Cl+3]([O-])([O-])[O-]. The Morgan fingerprint density at radius 1 is 0.808 bits per heavy atom. The van der Waals surface area contributed by atoms with E-state index in [-0.39, 0.29) is 0 Å². The highest BCUT2D eigenvalue weighted by Crippen LogP contribution is 2.34. The lowest BCUT2D eigenvalue weighted by Crippen LogP contribution is -2.68. The molecular weight excluding hydrogens is 402 g/mol. The first-order valence-corrected chi connectivity index (χ1v) is 10.4. The standard InChI is InChI=1S/C16H14NO2S2.ClHO4/c1-18-13-7-3-11(4-8-13)15-17-16(21-20-15)12-5-9-14(19-2)10-6-12;2-1(3,4)5/h3-10H,1-2H3;(H,2,3,4,5)/q+1;/p-1. The van der Waals surface area contributed by atoms with Gasteiger partial charge in [0, 0.05) is 5.56 Å². The summed E-state index contributed by atoms with van der Waals surface area (Å²) in [5.74, 6) is 1.71. The summed E-state index contributed by atoms with van der Waals surface area (Å²) in [6.45, 7) is 0. The van der Waals surface area contributed by atoms with Crippen molar-refractivity contribution in [3.63, 3.8) is 0 Å². The molecule has 0 N–H and O–H groups in total. The molecule has 138 valence electrons. The molecule has 3 rings (SSSR count). The Balaban J connectivity index is 0.000000431. The maximum Gasteiger partial charge on any atom is 0.348 e. The lowest BCUT2D eigenvalue weighted by molar-refractivity contribution is -2.00. The van der Waals surface area contributed by atoms with Gasteiger partial charge in [-0.15, -0.1) is 10.2 Å². The van der Waals surface area contributed by atoms with E-state index in [4.69, 9.17) is 33.1 Å². The highest BCUT2D eigenvalue weighted by atomic mass is 35.7. The van der Waals surface area contributed by atoms with Crippen LogP contribution in [0.3, 0.4) is 0 Å². The zero-order valence-corrected chi connectivity index (χ0v) is 16.1. The molecule has 0 fully saturated rings. The normalized spacial score (nSPS) is 10.7. The fraction of sp³-hybridized carbons (Fsp3) is 0.125. The minimum Gasteiger partial charge on any atom is -0.497 e. The predicted molar refractivity (Wildman–Crippen MR) is 88.4 cm³/mol. The Morgan fingerprint density at radius 3 is 1.65 bits per heavy atom. The smallest absolute Gasteiger partial charge is 0.348 e. The van der Waals surface area contributed by atoms with Crippen molar-refractivity contribution in [3.8, 4) is 32.6 Å². The minimum atomic E-state index is -4.94. The van der Waals surface area contributed by atoms with E-state index in [1.807, 2.05) is 48.5 Å². The highest BCUT2D eigenvalue weighted by Gasteiger charge is 2.19. The summed E-state index contributed by atoms with van der Waals surface area (Å²) < 4.78 is 44.3. The van der Waals surface area contributed by atoms with Crippen molar-refractivity contribution in [1.29, 1.82) is 0 Å². The first-order valence-electron chi connectivity index (χ1n) is 7.01. The summed E-state index contributed by atoms with van der Waals surface area (Å²) >= 11 is 0. The Morgan fingerprint density at radius 2 is 1.23 bits per heavy atom. The van der Waals surface area contributed by atoms with Crippen LogP contribution in [0.1, 0.15) is 0 Å². The monoisotopic (exact) mass is 415 g/mol. The van der Waals surface area contributed by atoms with Crippen molar-refractivity contribution < 1.29 is 38.4 Å². The van der Waals surface area contributed by atoms with Gasteiger partial charge in [-0.25, -0.2) is 18.6 Å². The number of benzene rings is 2. The number of hydrogen-bond acceptors (Lipinski definition) is 8. The van der Waals surface area contributed by atoms with Gasteiger partial charge in [0.1, 0.15) is 11.5 Å². The van der Waals surface area contributed by atoms with E-state index < -0.39 is 10.2 Å². The number of hydrogen-bond donors (Lipinski definition) is 0. The summed E-state index contributed by atoms with van der Waals surface area (Å²) in [6, 6.07) is 15.9. The molecule has 0 spiro atoms. The van der Waals surface area contributed by atoms with Gasteiger partial charge in [-0.3, -0.25) is 0 Å². The molecule has 0 bridgehead atoms. The van der Waals surface area contributed by atoms with Crippen LogP contribution in [-0.4, -0.2) is 19.2 Å². The summed E-state index contributed by atoms with van der Waals surface area (Å²) in [5.41, 5.74) is 2.22. The van der Waals surface area contributed by atoms with Gasteiger partial charge in [0.2, 0.25) is 0 Å². The zero-order valence-electron chi connectivity index (χ0n) is 13.7.